The largest absolute Gasteiger partial charge is 0.395 e. The highest BCUT2D eigenvalue weighted by atomic mass is 16.3. The van der Waals surface area contributed by atoms with Crippen molar-refractivity contribution >= 4 is 0 Å². The number of nitrogens with two attached hydrogens (primary N) is 1. The van der Waals surface area contributed by atoms with Gasteiger partial charge in [-0.1, -0.05) is 6.42 Å². The molecule has 1 aliphatic rings. The molecule has 1 rings (SSSR count). The number of aliphatic hydroxyl groups excluding tert-OH is 1. The van der Waals surface area contributed by atoms with Gasteiger partial charge in [-0.2, -0.15) is 0 Å². The molecule has 0 bridgehead atoms. The molecular weight excluding hydrogens is 152 g/mol. The first-order valence-corrected chi connectivity index (χ1v) is 4.84. The molecule has 12 heavy (non-hydrogen) atoms. The molecule has 0 spiro atoms. The topological polar surface area (TPSA) is 49.5 Å². The first-order valence-electron chi connectivity index (χ1n) is 4.84. The molecular formula is C9H20N2O. The fourth-order valence-corrected chi connectivity index (χ4v) is 1.88. The van der Waals surface area contributed by atoms with Gasteiger partial charge in [0, 0.05) is 18.6 Å². The van der Waals surface area contributed by atoms with Gasteiger partial charge >= 0.3 is 0 Å². The van der Waals surface area contributed by atoms with Gasteiger partial charge in [0.25, 0.3) is 0 Å². The molecule has 1 heterocycles. The van der Waals surface area contributed by atoms with E-state index in [-0.39, 0.29) is 12.6 Å². The summed E-state index contributed by atoms with van der Waals surface area (Å²) in [4.78, 5) is 2.31. The SMILES string of the molecule is CC(N)CN1CCCCC1CO. The van der Waals surface area contributed by atoms with Gasteiger partial charge in [0.15, 0.2) is 0 Å². The van der Waals surface area contributed by atoms with Crippen molar-refractivity contribution in [1.82, 2.24) is 4.90 Å². The monoisotopic (exact) mass is 172 g/mol. The number of hydrogen-bond acceptors (Lipinski definition) is 3. The highest BCUT2D eigenvalue weighted by molar-refractivity contribution is 4.77. The number of nitrogens with zero attached hydrogens (tertiary/aromatic N) is 1. The van der Waals surface area contributed by atoms with E-state index in [1.807, 2.05) is 6.92 Å². The molecule has 0 radical (unpaired) electrons. The Balaban J connectivity index is 2.36. The van der Waals surface area contributed by atoms with Crippen molar-refractivity contribution in [3.63, 3.8) is 0 Å². The summed E-state index contributed by atoms with van der Waals surface area (Å²) in [6, 6.07) is 0.585. The van der Waals surface area contributed by atoms with Gasteiger partial charge in [0.2, 0.25) is 0 Å². The molecule has 3 nitrogen and oxygen atoms in total. The fourth-order valence-electron chi connectivity index (χ4n) is 1.88. The van der Waals surface area contributed by atoms with E-state index in [2.05, 4.69) is 4.90 Å². The Labute approximate surface area is 74.5 Å². The number of likely N-dealkylation sites (tertiary alicyclic amines) is 1. The summed E-state index contributed by atoms with van der Waals surface area (Å²) in [5.41, 5.74) is 5.72. The van der Waals surface area contributed by atoms with Crippen molar-refractivity contribution < 1.29 is 5.11 Å². The minimum Gasteiger partial charge on any atom is -0.395 e. The van der Waals surface area contributed by atoms with Crippen molar-refractivity contribution in [3.05, 3.63) is 0 Å². The third-order valence-electron chi connectivity index (χ3n) is 2.48. The van der Waals surface area contributed by atoms with Crippen molar-refractivity contribution in [2.24, 2.45) is 5.73 Å². The highest BCUT2D eigenvalue weighted by Crippen LogP contribution is 2.16. The van der Waals surface area contributed by atoms with Crippen molar-refractivity contribution in [3.8, 4) is 0 Å². The van der Waals surface area contributed by atoms with E-state index in [1.54, 1.807) is 0 Å². The lowest BCUT2D eigenvalue weighted by atomic mass is 10.0. The molecule has 2 atom stereocenters. The zero-order chi connectivity index (χ0) is 8.97. The highest BCUT2D eigenvalue weighted by Gasteiger charge is 2.21. The molecule has 72 valence electrons. The van der Waals surface area contributed by atoms with Gasteiger partial charge in [-0.05, 0) is 26.3 Å². The maximum absolute atomic E-state index is 9.09. The molecule has 0 aromatic carbocycles. The van der Waals surface area contributed by atoms with E-state index >= 15 is 0 Å². The second-order valence-corrected chi connectivity index (χ2v) is 3.80. The minimum absolute atomic E-state index is 0.220. The number of hydrogen-bond donors (Lipinski definition) is 2. The van der Waals surface area contributed by atoms with Gasteiger partial charge in [0.1, 0.15) is 0 Å². The predicted octanol–water partition coefficient (Wildman–Crippen LogP) is 0.180. The molecule has 1 fully saturated rings. The Hall–Kier alpha value is -0.120. The second-order valence-electron chi connectivity index (χ2n) is 3.80. The van der Waals surface area contributed by atoms with E-state index in [4.69, 9.17) is 10.8 Å². The average molecular weight is 172 g/mol. The van der Waals surface area contributed by atoms with Gasteiger partial charge in [-0.15, -0.1) is 0 Å². The lowest BCUT2D eigenvalue weighted by molar-refractivity contribution is 0.0865. The third-order valence-corrected chi connectivity index (χ3v) is 2.48. The van der Waals surface area contributed by atoms with E-state index in [0.29, 0.717) is 6.04 Å². The molecule has 3 N–H and O–H groups in total. The smallest absolute Gasteiger partial charge is 0.0586 e. The summed E-state index contributed by atoms with van der Waals surface area (Å²) in [5, 5.41) is 9.09. The molecule has 2 unspecified atom stereocenters. The first-order chi connectivity index (χ1) is 5.74. The molecule has 0 aliphatic carbocycles. The number of piperidine rings is 1. The zero-order valence-electron chi connectivity index (χ0n) is 7.87. The van der Waals surface area contributed by atoms with Gasteiger partial charge in [0.05, 0.1) is 6.61 Å². The van der Waals surface area contributed by atoms with Gasteiger partial charge < -0.3 is 10.8 Å². The van der Waals surface area contributed by atoms with Gasteiger partial charge in [-0.25, -0.2) is 0 Å². The Kier molecular flexibility index (Phi) is 3.98. The fraction of sp³-hybridized carbons (Fsp3) is 1.00. The van der Waals surface area contributed by atoms with Crippen molar-refractivity contribution in [1.29, 1.82) is 0 Å². The van der Waals surface area contributed by atoms with Crippen molar-refractivity contribution in [2.45, 2.75) is 38.3 Å². The summed E-state index contributed by atoms with van der Waals surface area (Å²) in [6.45, 7) is 4.33. The first kappa shape index (κ1) is 9.96. The summed E-state index contributed by atoms with van der Waals surface area (Å²) in [5.74, 6) is 0. The number of aliphatic hydroxyl groups is 1. The maximum Gasteiger partial charge on any atom is 0.0586 e. The van der Waals surface area contributed by atoms with Crippen LogP contribution in [-0.2, 0) is 0 Å². The number of rotatable bonds is 3. The predicted molar refractivity (Wildman–Crippen MR) is 49.9 cm³/mol. The lowest BCUT2D eigenvalue weighted by Crippen LogP contribution is -2.46. The molecule has 1 saturated heterocycles. The van der Waals surface area contributed by atoms with Crippen LogP contribution < -0.4 is 5.73 Å². The molecule has 3 heteroatoms. The van der Waals surface area contributed by atoms with Crippen LogP contribution in [0.15, 0.2) is 0 Å². The van der Waals surface area contributed by atoms with Crippen LogP contribution in [0.3, 0.4) is 0 Å². The molecule has 0 saturated carbocycles. The quantitative estimate of drug-likeness (QED) is 0.638. The summed E-state index contributed by atoms with van der Waals surface area (Å²) >= 11 is 0. The van der Waals surface area contributed by atoms with Crippen LogP contribution in [0.2, 0.25) is 0 Å². The Bertz CT molecular complexity index is 128. The second kappa shape index (κ2) is 4.80. The molecule has 1 aliphatic heterocycles. The Morgan fingerprint density at radius 2 is 2.33 bits per heavy atom. The zero-order valence-corrected chi connectivity index (χ0v) is 7.87. The van der Waals surface area contributed by atoms with Crippen LogP contribution in [0.4, 0.5) is 0 Å². The van der Waals surface area contributed by atoms with E-state index in [9.17, 15) is 0 Å². The van der Waals surface area contributed by atoms with Crippen LogP contribution in [0, 0.1) is 0 Å². The van der Waals surface area contributed by atoms with E-state index in [0.717, 1.165) is 19.5 Å². The summed E-state index contributed by atoms with van der Waals surface area (Å²) in [7, 11) is 0. The van der Waals surface area contributed by atoms with Crippen LogP contribution in [0.5, 0.6) is 0 Å². The van der Waals surface area contributed by atoms with Crippen molar-refractivity contribution in [2.75, 3.05) is 19.7 Å². The normalized spacial score (nSPS) is 28.8. The molecule has 0 amide bonds. The van der Waals surface area contributed by atoms with E-state index < -0.39 is 0 Å². The summed E-state index contributed by atoms with van der Waals surface area (Å²) < 4.78 is 0. The van der Waals surface area contributed by atoms with Gasteiger partial charge in [-0.3, -0.25) is 4.90 Å². The summed E-state index contributed by atoms with van der Waals surface area (Å²) in [6.07, 6.45) is 3.63. The average Bonchev–Trinajstić information content (AvgIpc) is 2.04. The maximum atomic E-state index is 9.09. The third kappa shape index (κ3) is 2.73. The minimum atomic E-state index is 0.220. The van der Waals surface area contributed by atoms with Crippen LogP contribution in [-0.4, -0.2) is 41.8 Å². The van der Waals surface area contributed by atoms with E-state index in [1.165, 1.54) is 12.8 Å². The lowest BCUT2D eigenvalue weighted by Gasteiger charge is -2.35. The Morgan fingerprint density at radius 1 is 1.58 bits per heavy atom. The molecule has 0 aromatic rings. The Morgan fingerprint density at radius 3 is 2.92 bits per heavy atom. The van der Waals surface area contributed by atoms with Crippen LogP contribution in [0.25, 0.3) is 0 Å². The van der Waals surface area contributed by atoms with Crippen LogP contribution in [0.1, 0.15) is 26.2 Å². The standard InChI is InChI=1S/C9H20N2O/c1-8(10)6-11-5-3-2-4-9(11)7-12/h8-9,12H,2-7,10H2,1H3. The van der Waals surface area contributed by atoms with Crippen LogP contribution >= 0.6 is 0 Å². The molecule has 0 aromatic heterocycles.